The number of hydrogen-bond acceptors (Lipinski definition) is 10. The standard InChI is InChI=1S/C51H59N3O9/c1-48(2)28-36-33(20-21-40-49(3,60-40)23-22-37(36)48)27-31-16-18-32(19-17-31)30-54-43-46(57)59-39-29-50(43,47(58)53-25-10-15-38(53)45(56)52-24-26-55)44(63-54)42-41(39)61-51(62-42,34-11-6-4-7-12-34)35-13-8-5-9-14-35/h4-9,11-14,16-19,27,36-44,55H,10,15,20-26,28-30H2,1-3H3,(H,52,56)/t36-,37-,38-,39+,40?,41+,42+,43+,44-,49-,50+/m1/s1. The van der Waals surface area contributed by atoms with Gasteiger partial charge >= 0.3 is 5.97 Å². The third-order valence-corrected chi connectivity index (χ3v) is 16.2. The molecule has 11 atom stereocenters. The van der Waals surface area contributed by atoms with Crippen molar-refractivity contribution in [2.24, 2.45) is 22.7 Å². The van der Waals surface area contributed by atoms with Gasteiger partial charge in [0.2, 0.25) is 17.6 Å². The zero-order chi connectivity index (χ0) is 43.3. The molecule has 0 aromatic heterocycles. The van der Waals surface area contributed by atoms with E-state index in [0.29, 0.717) is 42.7 Å². The minimum atomic E-state index is -1.44. The van der Waals surface area contributed by atoms with Gasteiger partial charge in [0.25, 0.3) is 0 Å². The maximum atomic E-state index is 15.5. The highest BCUT2D eigenvalue weighted by Crippen LogP contribution is 2.61. The fourth-order valence-corrected chi connectivity index (χ4v) is 12.8. The SMILES string of the molecule is CC1(C)C[C@@H]2C(=Cc3ccc(CN4O[C@@H]5[C@H]6OC(c7ccccc7)(c7ccccc7)O[C@H]6[C@@H]6C[C@]5(C(=O)N5CCC[C@@H]5C(=O)NCCO)[C@@H]4C(=O)O6)cc3)CCC3O[C@]3(C)CC[C@H]21. The van der Waals surface area contributed by atoms with Crippen molar-refractivity contribution in [2.75, 3.05) is 19.7 Å². The molecule has 11 rings (SSSR count). The molecule has 332 valence electrons. The van der Waals surface area contributed by atoms with Gasteiger partial charge < -0.3 is 34.3 Å². The summed E-state index contributed by atoms with van der Waals surface area (Å²) in [6, 6.07) is 26.0. The van der Waals surface area contributed by atoms with Crippen LogP contribution in [0.3, 0.4) is 0 Å². The van der Waals surface area contributed by atoms with E-state index in [1.54, 1.807) is 9.96 Å². The molecule has 3 saturated carbocycles. The molecule has 8 fully saturated rings. The molecular formula is C51H59N3O9. The Balaban J connectivity index is 0.928. The van der Waals surface area contributed by atoms with E-state index in [1.807, 2.05) is 60.7 Å². The van der Waals surface area contributed by atoms with E-state index in [2.05, 4.69) is 56.4 Å². The number of hydroxylamine groups is 2. The van der Waals surface area contributed by atoms with Crippen LogP contribution in [0.4, 0.5) is 0 Å². The molecule has 3 aliphatic carbocycles. The van der Waals surface area contributed by atoms with E-state index in [4.69, 9.17) is 23.8 Å². The Labute approximate surface area is 369 Å². The fraction of sp³-hybridized carbons (Fsp3) is 0.549. The van der Waals surface area contributed by atoms with Crippen LogP contribution in [0.2, 0.25) is 0 Å². The van der Waals surface area contributed by atoms with E-state index in [0.717, 1.165) is 41.5 Å². The molecule has 2 bridgehead atoms. The molecule has 12 heteroatoms. The molecule has 1 unspecified atom stereocenters. The number of aliphatic hydroxyl groups excluding tert-OH is 1. The minimum absolute atomic E-state index is 0.0349. The summed E-state index contributed by atoms with van der Waals surface area (Å²) in [5.41, 5.74) is 4.01. The number of hydrogen-bond donors (Lipinski definition) is 2. The van der Waals surface area contributed by atoms with Crippen molar-refractivity contribution in [3.05, 3.63) is 113 Å². The Hall–Kier alpha value is -4.43. The van der Waals surface area contributed by atoms with Crippen LogP contribution in [0.15, 0.2) is 90.5 Å². The molecule has 12 nitrogen and oxygen atoms in total. The van der Waals surface area contributed by atoms with Crippen LogP contribution < -0.4 is 5.32 Å². The Bertz CT molecular complexity index is 2250. The number of carbonyl (C=O) groups excluding carboxylic acids is 3. The smallest absolute Gasteiger partial charge is 0.327 e. The first-order chi connectivity index (χ1) is 30.4. The minimum Gasteiger partial charge on any atom is -0.458 e. The van der Waals surface area contributed by atoms with Crippen molar-refractivity contribution in [2.45, 2.75) is 133 Å². The molecular weight excluding hydrogens is 799 g/mol. The van der Waals surface area contributed by atoms with Crippen molar-refractivity contribution in [3.8, 4) is 0 Å². The van der Waals surface area contributed by atoms with Crippen molar-refractivity contribution in [1.29, 1.82) is 0 Å². The summed E-state index contributed by atoms with van der Waals surface area (Å²) in [6.07, 6.45) is 6.26. The predicted octanol–water partition coefficient (Wildman–Crippen LogP) is 6.05. The van der Waals surface area contributed by atoms with Crippen LogP contribution in [0.1, 0.15) is 94.4 Å². The highest BCUT2D eigenvalue weighted by Gasteiger charge is 2.77. The van der Waals surface area contributed by atoms with E-state index < -0.39 is 53.7 Å². The summed E-state index contributed by atoms with van der Waals surface area (Å²) in [6.45, 7) is 7.54. The lowest BCUT2D eigenvalue weighted by atomic mass is 9.52. The number of allylic oxidation sites excluding steroid dienone is 1. The zero-order valence-corrected chi connectivity index (χ0v) is 36.4. The van der Waals surface area contributed by atoms with E-state index >= 15 is 4.79 Å². The highest BCUT2D eigenvalue weighted by molar-refractivity contribution is 5.96. The molecule has 5 heterocycles. The first-order valence-electron chi connectivity index (χ1n) is 23.2. The van der Waals surface area contributed by atoms with Crippen LogP contribution in [-0.4, -0.2) is 101 Å². The second kappa shape index (κ2) is 15.3. The number of fused-ring (bicyclic) bond motifs is 6. The molecule has 5 saturated heterocycles. The largest absolute Gasteiger partial charge is 0.458 e. The first kappa shape index (κ1) is 41.3. The average molecular weight is 858 g/mol. The second-order valence-electron chi connectivity index (χ2n) is 20.3. The molecule has 5 aliphatic heterocycles. The van der Waals surface area contributed by atoms with Gasteiger partial charge in [-0.15, -0.1) is 0 Å². The number of amides is 2. The van der Waals surface area contributed by atoms with Gasteiger partial charge in [0.1, 0.15) is 35.9 Å². The van der Waals surface area contributed by atoms with Crippen LogP contribution in [0, 0.1) is 22.7 Å². The first-order valence-corrected chi connectivity index (χ1v) is 23.2. The Morgan fingerprint density at radius 2 is 1.59 bits per heavy atom. The van der Waals surface area contributed by atoms with E-state index in [-0.39, 0.29) is 43.5 Å². The lowest BCUT2D eigenvalue weighted by molar-refractivity contribution is -0.214. The lowest BCUT2D eigenvalue weighted by Crippen LogP contribution is -2.70. The third kappa shape index (κ3) is 6.64. The number of carbonyl (C=O) groups is 3. The third-order valence-electron chi connectivity index (χ3n) is 16.2. The van der Waals surface area contributed by atoms with Crippen LogP contribution in [0.5, 0.6) is 0 Å². The Morgan fingerprint density at radius 3 is 2.29 bits per heavy atom. The van der Waals surface area contributed by atoms with Gasteiger partial charge in [-0.3, -0.25) is 19.2 Å². The highest BCUT2D eigenvalue weighted by atomic mass is 16.8. The summed E-state index contributed by atoms with van der Waals surface area (Å²) in [4.78, 5) is 52.2. The van der Waals surface area contributed by atoms with Gasteiger partial charge in [0, 0.05) is 30.6 Å². The van der Waals surface area contributed by atoms with Crippen molar-refractivity contribution in [3.63, 3.8) is 0 Å². The van der Waals surface area contributed by atoms with Gasteiger partial charge in [0.15, 0.2) is 6.04 Å². The van der Waals surface area contributed by atoms with Gasteiger partial charge in [-0.05, 0) is 80.2 Å². The number of nitrogens with zero attached hydrogens (tertiary/aromatic N) is 2. The second-order valence-corrected chi connectivity index (χ2v) is 20.3. The number of ether oxygens (including phenoxy) is 4. The number of epoxide rings is 1. The maximum Gasteiger partial charge on any atom is 0.327 e. The summed E-state index contributed by atoms with van der Waals surface area (Å²) >= 11 is 0. The molecule has 63 heavy (non-hydrogen) atoms. The molecule has 3 aromatic rings. The number of likely N-dealkylation sites (tertiary alicyclic amines) is 1. The van der Waals surface area contributed by atoms with Gasteiger partial charge in [-0.1, -0.05) is 110 Å². The van der Waals surface area contributed by atoms with Crippen LogP contribution in [-0.2, 0) is 50.5 Å². The van der Waals surface area contributed by atoms with E-state index in [9.17, 15) is 14.7 Å². The molecule has 0 radical (unpaired) electrons. The molecule has 0 spiro atoms. The molecule has 3 aromatic carbocycles. The van der Waals surface area contributed by atoms with Gasteiger partial charge in [-0.2, -0.15) is 5.06 Å². The number of esters is 1. The van der Waals surface area contributed by atoms with Crippen LogP contribution in [0.25, 0.3) is 6.08 Å². The average Bonchev–Trinajstić information content (AvgIpc) is 3.69. The summed E-state index contributed by atoms with van der Waals surface area (Å²) < 4.78 is 26.8. The van der Waals surface area contributed by atoms with Gasteiger partial charge in [-0.25, -0.2) is 0 Å². The number of rotatable bonds is 9. The topological polar surface area (TPSA) is 139 Å². The lowest BCUT2D eigenvalue weighted by Gasteiger charge is -2.53. The number of benzene rings is 3. The zero-order valence-electron chi connectivity index (χ0n) is 36.4. The molecule has 2 N–H and O–H groups in total. The maximum absolute atomic E-state index is 15.5. The fourth-order valence-electron chi connectivity index (χ4n) is 12.8. The monoisotopic (exact) mass is 857 g/mol. The Morgan fingerprint density at radius 1 is 0.873 bits per heavy atom. The summed E-state index contributed by atoms with van der Waals surface area (Å²) in [7, 11) is 0. The molecule has 2 amide bonds. The predicted molar refractivity (Wildman–Crippen MR) is 231 cm³/mol. The van der Waals surface area contributed by atoms with Gasteiger partial charge in [0.05, 0.1) is 24.9 Å². The Kier molecular flexibility index (Phi) is 10.1. The van der Waals surface area contributed by atoms with Crippen molar-refractivity contribution < 1.29 is 43.3 Å². The number of aliphatic hydroxyl groups is 1. The normalized spacial score (nSPS) is 37.7. The molecule has 8 aliphatic rings. The number of nitrogens with one attached hydrogen (secondary N) is 1. The van der Waals surface area contributed by atoms with E-state index in [1.165, 1.54) is 18.4 Å². The van der Waals surface area contributed by atoms with Crippen molar-refractivity contribution in [1.82, 2.24) is 15.3 Å². The van der Waals surface area contributed by atoms with Crippen molar-refractivity contribution >= 4 is 23.9 Å². The summed E-state index contributed by atoms with van der Waals surface area (Å²) in [5, 5.41) is 13.9. The summed E-state index contributed by atoms with van der Waals surface area (Å²) in [5.74, 6) is -1.35. The van der Waals surface area contributed by atoms with Crippen LogP contribution >= 0.6 is 0 Å². The quantitative estimate of drug-likeness (QED) is 0.193.